The SMILES string of the molecule is COc1cccc(Nc2ccnc(C(=O)Nc3cccc(F)c3)c2)c1. The quantitative estimate of drug-likeness (QED) is 0.731. The molecular formula is C19H16FN3O2. The van der Waals surface area contributed by atoms with E-state index in [0.717, 1.165) is 11.4 Å². The van der Waals surface area contributed by atoms with Crippen LogP contribution in [0.2, 0.25) is 0 Å². The van der Waals surface area contributed by atoms with Gasteiger partial charge in [-0.1, -0.05) is 12.1 Å². The fraction of sp³-hybridized carbons (Fsp3) is 0.0526. The molecule has 1 heterocycles. The number of hydrogen-bond donors (Lipinski definition) is 2. The van der Waals surface area contributed by atoms with E-state index < -0.39 is 11.7 Å². The van der Waals surface area contributed by atoms with Crippen molar-refractivity contribution in [1.82, 2.24) is 4.98 Å². The van der Waals surface area contributed by atoms with Gasteiger partial charge in [0.15, 0.2) is 0 Å². The fourth-order valence-electron chi connectivity index (χ4n) is 2.26. The van der Waals surface area contributed by atoms with Crippen molar-refractivity contribution in [3.8, 4) is 5.75 Å². The van der Waals surface area contributed by atoms with Crippen LogP contribution in [-0.2, 0) is 0 Å². The highest BCUT2D eigenvalue weighted by Crippen LogP contribution is 2.21. The molecule has 0 atom stereocenters. The molecule has 0 aliphatic heterocycles. The summed E-state index contributed by atoms with van der Waals surface area (Å²) in [6.07, 6.45) is 1.53. The van der Waals surface area contributed by atoms with Gasteiger partial charge in [0.05, 0.1) is 7.11 Å². The molecule has 1 amide bonds. The number of anilines is 3. The maximum atomic E-state index is 13.2. The summed E-state index contributed by atoms with van der Waals surface area (Å²) in [5.41, 5.74) is 2.12. The van der Waals surface area contributed by atoms with Crippen molar-refractivity contribution in [2.75, 3.05) is 17.7 Å². The molecule has 5 nitrogen and oxygen atoms in total. The van der Waals surface area contributed by atoms with E-state index in [1.165, 1.54) is 24.4 Å². The summed E-state index contributed by atoms with van der Waals surface area (Å²) in [5, 5.41) is 5.81. The van der Waals surface area contributed by atoms with Crippen molar-refractivity contribution >= 4 is 23.0 Å². The molecule has 1 aromatic heterocycles. The van der Waals surface area contributed by atoms with Crippen LogP contribution in [0.15, 0.2) is 66.9 Å². The van der Waals surface area contributed by atoms with Crippen LogP contribution >= 0.6 is 0 Å². The van der Waals surface area contributed by atoms with E-state index in [-0.39, 0.29) is 5.69 Å². The van der Waals surface area contributed by atoms with Gasteiger partial charge in [0.25, 0.3) is 5.91 Å². The van der Waals surface area contributed by atoms with Crippen LogP contribution in [0, 0.1) is 5.82 Å². The summed E-state index contributed by atoms with van der Waals surface area (Å²) in [5.74, 6) is -0.109. The van der Waals surface area contributed by atoms with Crippen molar-refractivity contribution in [2.24, 2.45) is 0 Å². The third-order valence-electron chi connectivity index (χ3n) is 3.43. The van der Waals surface area contributed by atoms with Crippen molar-refractivity contribution in [2.45, 2.75) is 0 Å². The average Bonchev–Trinajstić information content (AvgIpc) is 2.62. The van der Waals surface area contributed by atoms with Crippen LogP contribution in [0.1, 0.15) is 10.5 Å². The van der Waals surface area contributed by atoms with Crippen molar-refractivity contribution < 1.29 is 13.9 Å². The topological polar surface area (TPSA) is 63.2 Å². The van der Waals surface area contributed by atoms with E-state index in [1.807, 2.05) is 24.3 Å². The van der Waals surface area contributed by atoms with Crippen LogP contribution < -0.4 is 15.4 Å². The van der Waals surface area contributed by atoms with E-state index in [0.29, 0.717) is 11.4 Å². The standard InChI is InChI=1S/C19H16FN3O2/c1-25-17-7-3-6-15(11-17)22-16-8-9-21-18(12-16)19(24)23-14-5-2-4-13(20)10-14/h2-12H,1H3,(H,21,22)(H,23,24). The number of aromatic nitrogens is 1. The lowest BCUT2D eigenvalue weighted by molar-refractivity contribution is 0.102. The fourth-order valence-corrected chi connectivity index (χ4v) is 2.26. The lowest BCUT2D eigenvalue weighted by Gasteiger charge is -2.09. The van der Waals surface area contributed by atoms with Gasteiger partial charge in [-0.2, -0.15) is 0 Å². The zero-order valence-electron chi connectivity index (χ0n) is 13.5. The van der Waals surface area contributed by atoms with Gasteiger partial charge < -0.3 is 15.4 Å². The minimum atomic E-state index is -0.417. The van der Waals surface area contributed by atoms with Gasteiger partial charge in [-0.15, -0.1) is 0 Å². The smallest absolute Gasteiger partial charge is 0.274 e. The lowest BCUT2D eigenvalue weighted by Crippen LogP contribution is -2.13. The number of nitrogens with one attached hydrogen (secondary N) is 2. The summed E-state index contributed by atoms with van der Waals surface area (Å²) in [6, 6.07) is 16.5. The second-order valence-corrected chi connectivity index (χ2v) is 5.25. The summed E-state index contributed by atoms with van der Waals surface area (Å²) in [7, 11) is 1.60. The Morgan fingerprint density at radius 2 is 1.76 bits per heavy atom. The molecule has 126 valence electrons. The average molecular weight is 337 g/mol. The third-order valence-corrected chi connectivity index (χ3v) is 3.43. The van der Waals surface area contributed by atoms with E-state index in [1.54, 1.807) is 25.3 Å². The van der Waals surface area contributed by atoms with E-state index in [2.05, 4.69) is 15.6 Å². The predicted octanol–water partition coefficient (Wildman–Crippen LogP) is 4.23. The number of pyridine rings is 1. The summed E-state index contributed by atoms with van der Waals surface area (Å²) in [6.45, 7) is 0. The van der Waals surface area contributed by atoms with Gasteiger partial charge in [0, 0.05) is 29.3 Å². The van der Waals surface area contributed by atoms with Crippen molar-refractivity contribution in [3.05, 3.63) is 78.4 Å². The Morgan fingerprint density at radius 1 is 1.00 bits per heavy atom. The molecule has 0 saturated carbocycles. The highest BCUT2D eigenvalue weighted by atomic mass is 19.1. The van der Waals surface area contributed by atoms with Crippen LogP contribution in [0.4, 0.5) is 21.5 Å². The normalized spacial score (nSPS) is 10.2. The van der Waals surface area contributed by atoms with Crippen LogP contribution in [0.3, 0.4) is 0 Å². The molecule has 3 rings (SSSR count). The minimum Gasteiger partial charge on any atom is -0.497 e. The maximum absolute atomic E-state index is 13.2. The number of methoxy groups -OCH3 is 1. The number of hydrogen-bond acceptors (Lipinski definition) is 4. The molecule has 3 aromatic rings. The number of rotatable bonds is 5. The summed E-state index contributed by atoms with van der Waals surface area (Å²) < 4.78 is 18.4. The Bertz CT molecular complexity index is 899. The molecule has 0 saturated heterocycles. The number of carbonyl (C=O) groups is 1. The Hall–Kier alpha value is -3.41. The third kappa shape index (κ3) is 4.32. The highest BCUT2D eigenvalue weighted by molar-refractivity contribution is 6.03. The summed E-state index contributed by atoms with van der Waals surface area (Å²) in [4.78, 5) is 16.3. The first kappa shape index (κ1) is 16.4. The zero-order valence-corrected chi connectivity index (χ0v) is 13.5. The Morgan fingerprint density at radius 3 is 2.56 bits per heavy atom. The molecular weight excluding hydrogens is 321 g/mol. The molecule has 2 N–H and O–H groups in total. The van der Waals surface area contributed by atoms with Crippen LogP contribution in [0.25, 0.3) is 0 Å². The van der Waals surface area contributed by atoms with Crippen LogP contribution in [0.5, 0.6) is 5.75 Å². The molecule has 0 bridgehead atoms. The molecule has 0 radical (unpaired) electrons. The van der Waals surface area contributed by atoms with Crippen LogP contribution in [-0.4, -0.2) is 18.0 Å². The predicted molar refractivity (Wildman–Crippen MR) is 94.9 cm³/mol. The molecule has 0 spiro atoms. The minimum absolute atomic E-state index is 0.220. The lowest BCUT2D eigenvalue weighted by atomic mass is 10.2. The number of halogens is 1. The first-order valence-electron chi connectivity index (χ1n) is 7.58. The van der Waals surface area contributed by atoms with Gasteiger partial charge in [-0.3, -0.25) is 9.78 Å². The van der Waals surface area contributed by atoms with Crippen molar-refractivity contribution in [3.63, 3.8) is 0 Å². The zero-order chi connectivity index (χ0) is 17.6. The Kier molecular flexibility index (Phi) is 4.89. The first-order valence-corrected chi connectivity index (χ1v) is 7.58. The molecule has 0 fully saturated rings. The second-order valence-electron chi connectivity index (χ2n) is 5.25. The van der Waals surface area contributed by atoms with Gasteiger partial charge >= 0.3 is 0 Å². The number of amides is 1. The number of benzene rings is 2. The van der Waals surface area contributed by atoms with E-state index in [4.69, 9.17) is 4.74 Å². The van der Waals surface area contributed by atoms with Gasteiger partial charge in [-0.05, 0) is 42.5 Å². The summed E-state index contributed by atoms with van der Waals surface area (Å²) >= 11 is 0. The van der Waals surface area contributed by atoms with Gasteiger partial charge in [0.2, 0.25) is 0 Å². The number of ether oxygens (including phenoxy) is 1. The molecule has 0 aliphatic rings. The van der Waals surface area contributed by atoms with Crippen molar-refractivity contribution in [1.29, 1.82) is 0 Å². The molecule has 0 aliphatic carbocycles. The van der Waals surface area contributed by atoms with E-state index >= 15 is 0 Å². The highest BCUT2D eigenvalue weighted by Gasteiger charge is 2.09. The second kappa shape index (κ2) is 7.44. The molecule has 6 heteroatoms. The van der Waals surface area contributed by atoms with Gasteiger partial charge in [0.1, 0.15) is 17.3 Å². The Balaban J connectivity index is 1.75. The first-order chi connectivity index (χ1) is 12.1. The largest absolute Gasteiger partial charge is 0.497 e. The molecule has 0 unspecified atom stereocenters. The number of nitrogens with zero attached hydrogens (tertiary/aromatic N) is 1. The number of carbonyl (C=O) groups excluding carboxylic acids is 1. The monoisotopic (exact) mass is 337 g/mol. The van der Waals surface area contributed by atoms with Gasteiger partial charge in [-0.25, -0.2) is 4.39 Å². The molecule has 2 aromatic carbocycles. The maximum Gasteiger partial charge on any atom is 0.274 e. The van der Waals surface area contributed by atoms with E-state index in [9.17, 15) is 9.18 Å². The molecule has 25 heavy (non-hydrogen) atoms. The Labute approximate surface area is 144 Å².